The van der Waals surface area contributed by atoms with E-state index in [9.17, 15) is 19.6 Å². The zero-order valence-corrected chi connectivity index (χ0v) is 15.8. The molecule has 1 aliphatic heterocycles. The number of carbonyl (C=O) groups excluding carboxylic acids is 3. The van der Waals surface area contributed by atoms with Gasteiger partial charge in [0.15, 0.2) is 0 Å². The summed E-state index contributed by atoms with van der Waals surface area (Å²) < 4.78 is 5.14. The minimum atomic E-state index is -0.983. The number of carbonyl (C=O) groups is 3. The number of benzene rings is 2. The second-order valence-electron chi connectivity index (χ2n) is 6.92. The van der Waals surface area contributed by atoms with E-state index < -0.39 is 24.0 Å². The largest absolute Gasteiger partial charge is 0.444 e. The minimum Gasteiger partial charge on any atom is -0.444 e. The van der Waals surface area contributed by atoms with Crippen molar-refractivity contribution in [3.05, 3.63) is 71.3 Å². The SMILES string of the molecule is N#CC(CCC(CN1C(=O)c2ccccc2C1=O)OC(N)=O)Cc1ccccc1. The predicted molar refractivity (Wildman–Crippen MR) is 105 cm³/mol. The zero-order chi connectivity index (χ0) is 20.8. The highest BCUT2D eigenvalue weighted by molar-refractivity contribution is 6.21. The highest BCUT2D eigenvalue weighted by Crippen LogP contribution is 2.24. The quantitative estimate of drug-likeness (QED) is 0.695. The van der Waals surface area contributed by atoms with Gasteiger partial charge in [0, 0.05) is 0 Å². The lowest BCUT2D eigenvalue weighted by Crippen LogP contribution is -2.39. The normalized spacial score (nSPS) is 14.8. The van der Waals surface area contributed by atoms with Crippen LogP contribution in [0, 0.1) is 17.2 Å². The first-order valence-corrected chi connectivity index (χ1v) is 9.34. The molecule has 2 aromatic rings. The van der Waals surface area contributed by atoms with Gasteiger partial charge in [0.05, 0.1) is 29.7 Å². The third-order valence-electron chi connectivity index (χ3n) is 4.89. The van der Waals surface area contributed by atoms with Gasteiger partial charge in [0.25, 0.3) is 11.8 Å². The first-order chi connectivity index (χ1) is 14.0. The van der Waals surface area contributed by atoms with E-state index in [0.717, 1.165) is 10.5 Å². The fourth-order valence-corrected chi connectivity index (χ4v) is 3.46. The van der Waals surface area contributed by atoms with Crippen molar-refractivity contribution < 1.29 is 19.1 Å². The van der Waals surface area contributed by atoms with Crippen molar-refractivity contribution in [2.45, 2.75) is 25.4 Å². The Balaban J connectivity index is 1.66. The monoisotopic (exact) mass is 391 g/mol. The number of nitriles is 1. The van der Waals surface area contributed by atoms with E-state index >= 15 is 0 Å². The zero-order valence-electron chi connectivity index (χ0n) is 15.8. The molecule has 148 valence electrons. The number of imide groups is 1. The number of rotatable bonds is 8. The Bertz CT molecular complexity index is 917. The number of nitrogens with two attached hydrogens (primary N) is 1. The van der Waals surface area contributed by atoms with Gasteiger partial charge in [0.1, 0.15) is 6.10 Å². The number of hydrogen-bond acceptors (Lipinski definition) is 5. The molecule has 0 aliphatic carbocycles. The third kappa shape index (κ3) is 4.79. The molecule has 0 aromatic heterocycles. The maximum absolute atomic E-state index is 12.5. The number of ether oxygens (including phenoxy) is 1. The highest BCUT2D eigenvalue weighted by atomic mass is 16.6. The Labute approximate surface area is 168 Å². The predicted octanol–water partition coefficient (Wildman–Crippen LogP) is 2.91. The van der Waals surface area contributed by atoms with E-state index in [2.05, 4.69) is 6.07 Å². The molecule has 0 bridgehead atoms. The van der Waals surface area contributed by atoms with Gasteiger partial charge in [-0.25, -0.2) is 4.79 Å². The van der Waals surface area contributed by atoms with E-state index in [0.29, 0.717) is 30.4 Å². The first kappa shape index (κ1) is 20.1. The Morgan fingerprint density at radius 2 is 1.59 bits per heavy atom. The Kier molecular flexibility index (Phi) is 6.25. The number of amides is 3. The van der Waals surface area contributed by atoms with Crippen molar-refractivity contribution in [3.8, 4) is 6.07 Å². The van der Waals surface area contributed by atoms with Crippen LogP contribution in [0.5, 0.6) is 0 Å². The molecule has 0 saturated carbocycles. The summed E-state index contributed by atoms with van der Waals surface area (Å²) in [6, 6.07) is 18.4. The Hall–Kier alpha value is -3.66. The number of hydrogen-bond donors (Lipinski definition) is 1. The standard InChI is InChI=1S/C22H21N3O4/c23-13-16(12-15-6-2-1-3-7-15)10-11-17(29-22(24)28)14-25-20(26)18-8-4-5-9-19(18)21(25)27/h1-9,16-17H,10-12,14H2,(H2,24,28). The van der Waals surface area contributed by atoms with Crippen molar-refractivity contribution >= 4 is 17.9 Å². The Morgan fingerprint density at radius 1 is 1.00 bits per heavy atom. The highest BCUT2D eigenvalue weighted by Gasteiger charge is 2.37. The van der Waals surface area contributed by atoms with Gasteiger partial charge in [-0.1, -0.05) is 42.5 Å². The van der Waals surface area contributed by atoms with E-state index in [1.54, 1.807) is 24.3 Å². The lowest BCUT2D eigenvalue weighted by Gasteiger charge is -2.23. The summed E-state index contributed by atoms with van der Waals surface area (Å²) in [6.07, 6.45) is -0.453. The van der Waals surface area contributed by atoms with Gasteiger partial charge in [-0.2, -0.15) is 5.26 Å². The van der Waals surface area contributed by atoms with Crippen LogP contribution in [0.4, 0.5) is 4.79 Å². The molecule has 2 N–H and O–H groups in total. The van der Waals surface area contributed by atoms with Crippen LogP contribution in [0.1, 0.15) is 39.1 Å². The number of nitrogens with zero attached hydrogens (tertiary/aromatic N) is 2. The van der Waals surface area contributed by atoms with Gasteiger partial charge in [-0.3, -0.25) is 14.5 Å². The molecule has 29 heavy (non-hydrogen) atoms. The van der Waals surface area contributed by atoms with Crippen LogP contribution < -0.4 is 5.73 Å². The summed E-state index contributed by atoms with van der Waals surface area (Å²) in [5.41, 5.74) is 6.86. The molecule has 7 heteroatoms. The molecule has 1 heterocycles. The smallest absolute Gasteiger partial charge is 0.404 e. The van der Waals surface area contributed by atoms with Crippen molar-refractivity contribution in [3.63, 3.8) is 0 Å². The second kappa shape index (κ2) is 9.02. The molecule has 2 aromatic carbocycles. The summed E-state index contributed by atoms with van der Waals surface area (Å²) in [4.78, 5) is 37.5. The molecule has 0 spiro atoms. The van der Waals surface area contributed by atoms with Crippen LogP contribution >= 0.6 is 0 Å². The molecule has 2 unspecified atom stereocenters. The van der Waals surface area contributed by atoms with Gasteiger partial charge in [-0.15, -0.1) is 0 Å². The van der Waals surface area contributed by atoms with Gasteiger partial charge < -0.3 is 10.5 Å². The number of primary amides is 1. The molecule has 0 fully saturated rings. The van der Waals surface area contributed by atoms with Gasteiger partial charge in [0.2, 0.25) is 0 Å². The minimum absolute atomic E-state index is 0.0984. The van der Waals surface area contributed by atoms with Crippen LogP contribution in [0.3, 0.4) is 0 Å². The summed E-state index contributed by atoms with van der Waals surface area (Å²) in [5, 5.41) is 9.47. The molecule has 3 amide bonds. The maximum Gasteiger partial charge on any atom is 0.404 e. The van der Waals surface area contributed by atoms with E-state index in [4.69, 9.17) is 10.5 Å². The van der Waals surface area contributed by atoms with Crippen molar-refractivity contribution in [2.24, 2.45) is 11.7 Å². The molecule has 0 saturated heterocycles. The van der Waals surface area contributed by atoms with E-state index in [1.807, 2.05) is 30.3 Å². The maximum atomic E-state index is 12.5. The van der Waals surface area contributed by atoms with Crippen LogP contribution in [0.25, 0.3) is 0 Å². The average molecular weight is 391 g/mol. The Morgan fingerprint density at radius 3 is 2.14 bits per heavy atom. The van der Waals surface area contributed by atoms with Crippen LogP contribution in [0.15, 0.2) is 54.6 Å². The summed E-state index contributed by atoms with van der Waals surface area (Å²) in [5.74, 6) is -1.15. The topological polar surface area (TPSA) is 113 Å². The average Bonchev–Trinajstić information content (AvgIpc) is 2.96. The van der Waals surface area contributed by atoms with E-state index in [1.165, 1.54) is 0 Å². The van der Waals surface area contributed by atoms with Crippen molar-refractivity contribution in [1.29, 1.82) is 5.26 Å². The van der Waals surface area contributed by atoms with Crippen LogP contribution in [0.2, 0.25) is 0 Å². The van der Waals surface area contributed by atoms with Crippen molar-refractivity contribution in [2.75, 3.05) is 6.54 Å². The lowest BCUT2D eigenvalue weighted by atomic mass is 9.94. The summed E-state index contributed by atoms with van der Waals surface area (Å²) in [7, 11) is 0. The first-order valence-electron chi connectivity index (χ1n) is 9.34. The molecule has 3 rings (SSSR count). The van der Waals surface area contributed by atoms with Gasteiger partial charge >= 0.3 is 6.09 Å². The number of fused-ring (bicyclic) bond motifs is 1. The lowest BCUT2D eigenvalue weighted by molar-refractivity contribution is 0.0464. The van der Waals surface area contributed by atoms with E-state index in [-0.39, 0.29) is 12.5 Å². The molecule has 1 aliphatic rings. The fourth-order valence-electron chi connectivity index (χ4n) is 3.46. The fraction of sp³-hybridized carbons (Fsp3) is 0.273. The summed E-state index contributed by atoms with van der Waals surface area (Å²) >= 11 is 0. The molecule has 7 nitrogen and oxygen atoms in total. The van der Waals surface area contributed by atoms with Crippen molar-refractivity contribution in [1.82, 2.24) is 4.90 Å². The molecular formula is C22H21N3O4. The third-order valence-corrected chi connectivity index (χ3v) is 4.89. The molecule has 0 radical (unpaired) electrons. The molecule has 2 atom stereocenters. The molecular weight excluding hydrogens is 370 g/mol. The van der Waals surface area contributed by atoms with Gasteiger partial charge in [-0.05, 0) is 37.0 Å². The van der Waals surface area contributed by atoms with Crippen LogP contribution in [-0.4, -0.2) is 35.5 Å². The second-order valence-corrected chi connectivity index (χ2v) is 6.92. The summed E-state index contributed by atoms with van der Waals surface area (Å²) in [6.45, 7) is -0.0984. The van der Waals surface area contributed by atoms with Crippen LogP contribution in [-0.2, 0) is 11.2 Å².